The topological polar surface area (TPSA) is 79.8 Å². The second kappa shape index (κ2) is 11.6. The van der Waals surface area contributed by atoms with E-state index in [4.69, 9.17) is 9.47 Å². The lowest BCUT2D eigenvalue weighted by Gasteiger charge is -2.32. The van der Waals surface area contributed by atoms with Crippen molar-refractivity contribution < 1.29 is 14.3 Å². The number of anilines is 2. The van der Waals surface area contributed by atoms with Gasteiger partial charge >= 0.3 is 6.09 Å². The molecule has 1 amide bonds. The van der Waals surface area contributed by atoms with Crippen LogP contribution in [-0.2, 0) is 4.74 Å². The van der Waals surface area contributed by atoms with Gasteiger partial charge in [0.15, 0.2) is 0 Å². The maximum absolute atomic E-state index is 11.7. The third-order valence-corrected chi connectivity index (χ3v) is 6.38. The fraction of sp³-hybridized carbons (Fsp3) is 0.233. The molecule has 1 aliphatic rings. The van der Waals surface area contributed by atoms with Gasteiger partial charge < -0.3 is 19.7 Å². The summed E-state index contributed by atoms with van der Waals surface area (Å²) >= 11 is 0. The number of amides is 1. The average molecular weight is 508 g/mol. The molecule has 4 aromatic rings. The molecule has 5 rings (SSSR count). The lowest BCUT2D eigenvalue weighted by Crippen LogP contribution is -2.48. The zero-order valence-electron chi connectivity index (χ0n) is 21.5. The first-order valence-electron chi connectivity index (χ1n) is 12.5. The van der Waals surface area contributed by atoms with Gasteiger partial charge in [-0.15, -0.1) is 0 Å². The number of benzene rings is 3. The number of rotatable bonds is 5. The average Bonchev–Trinajstić information content (AvgIpc) is 2.95. The van der Waals surface area contributed by atoms with Crippen molar-refractivity contribution in [3.8, 4) is 23.3 Å². The number of carbonyl (C=O) groups excluding carboxylic acids is 1. The summed E-state index contributed by atoms with van der Waals surface area (Å²) in [5, 5.41) is 4.32. The fourth-order valence-corrected chi connectivity index (χ4v) is 4.30. The number of nitrogens with one attached hydrogen (secondary N) is 1. The van der Waals surface area contributed by atoms with Crippen molar-refractivity contribution in [1.29, 1.82) is 0 Å². The summed E-state index contributed by atoms with van der Waals surface area (Å²) in [7, 11) is 1.41. The van der Waals surface area contributed by atoms with E-state index in [1.54, 1.807) is 11.2 Å². The molecule has 3 aromatic carbocycles. The molecule has 8 heteroatoms. The van der Waals surface area contributed by atoms with Crippen LogP contribution >= 0.6 is 0 Å². The van der Waals surface area contributed by atoms with Crippen LogP contribution in [-0.4, -0.2) is 65.7 Å². The third-order valence-electron chi connectivity index (χ3n) is 6.38. The molecule has 2 heterocycles. The summed E-state index contributed by atoms with van der Waals surface area (Å²) in [6.07, 6.45) is 1.29. The highest BCUT2D eigenvalue weighted by Gasteiger charge is 2.20. The van der Waals surface area contributed by atoms with E-state index in [-0.39, 0.29) is 6.09 Å². The smallest absolute Gasteiger partial charge is 0.409 e. The largest absolute Gasteiger partial charge is 0.457 e. The number of aromatic nitrogens is 2. The predicted octanol–water partition coefficient (Wildman–Crippen LogP) is 5.21. The van der Waals surface area contributed by atoms with E-state index in [0.717, 1.165) is 52.3 Å². The van der Waals surface area contributed by atoms with Crippen LogP contribution < -0.4 is 10.1 Å². The highest BCUT2D eigenvalue weighted by Crippen LogP contribution is 2.30. The van der Waals surface area contributed by atoms with Crippen molar-refractivity contribution in [2.24, 2.45) is 0 Å². The first-order chi connectivity index (χ1) is 18.6. The van der Waals surface area contributed by atoms with Crippen molar-refractivity contribution in [1.82, 2.24) is 19.8 Å². The van der Waals surface area contributed by atoms with E-state index in [1.807, 2.05) is 73.7 Å². The standard InChI is InChI=1S/C30H29N5O3/c1-22-19-24(11-13-28(22)38-25-8-4-3-5-9-25)33-29-26-20-23(10-12-27(26)31-21-32-29)7-6-14-34-15-17-35(18-16-34)30(36)37-2/h3-5,8-13,19-21H,14-18H2,1-2H3,(H,31,32,33). The summed E-state index contributed by atoms with van der Waals surface area (Å²) in [6.45, 7) is 5.51. The molecular formula is C30H29N5O3. The van der Waals surface area contributed by atoms with Crippen molar-refractivity contribution in [3.05, 3.63) is 84.2 Å². The molecule has 0 spiro atoms. The Morgan fingerprint density at radius 2 is 1.82 bits per heavy atom. The Balaban J connectivity index is 1.27. The highest BCUT2D eigenvalue weighted by atomic mass is 16.5. The number of aryl methyl sites for hydroxylation is 1. The second-order valence-corrected chi connectivity index (χ2v) is 9.01. The lowest BCUT2D eigenvalue weighted by molar-refractivity contribution is 0.0951. The van der Waals surface area contributed by atoms with Gasteiger partial charge in [0, 0.05) is 42.8 Å². The van der Waals surface area contributed by atoms with Crippen LogP contribution in [0.1, 0.15) is 11.1 Å². The SMILES string of the molecule is COC(=O)N1CCN(CC#Cc2ccc3ncnc(Nc4ccc(Oc5ccccc5)c(C)c4)c3c2)CC1. The number of hydrogen-bond donors (Lipinski definition) is 1. The third kappa shape index (κ3) is 6.02. The zero-order valence-corrected chi connectivity index (χ0v) is 21.5. The predicted molar refractivity (Wildman–Crippen MR) is 148 cm³/mol. The fourth-order valence-electron chi connectivity index (χ4n) is 4.30. The second-order valence-electron chi connectivity index (χ2n) is 9.01. The number of nitrogens with zero attached hydrogens (tertiary/aromatic N) is 4. The van der Waals surface area contributed by atoms with E-state index < -0.39 is 0 Å². The minimum atomic E-state index is -0.273. The molecule has 0 atom stereocenters. The van der Waals surface area contributed by atoms with Crippen LogP contribution in [0.15, 0.2) is 73.1 Å². The number of para-hydroxylation sites is 1. The minimum absolute atomic E-state index is 0.273. The van der Waals surface area contributed by atoms with E-state index in [9.17, 15) is 4.79 Å². The van der Waals surface area contributed by atoms with Gasteiger partial charge in [-0.2, -0.15) is 0 Å². The number of fused-ring (bicyclic) bond motifs is 1. The monoisotopic (exact) mass is 507 g/mol. The Labute approximate surface area is 222 Å². The van der Waals surface area contributed by atoms with E-state index >= 15 is 0 Å². The van der Waals surface area contributed by atoms with Gasteiger partial charge in [-0.25, -0.2) is 14.8 Å². The van der Waals surface area contributed by atoms with Crippen LogP contribution in [0.3, 0.4) is 0 Å². The highest BCUT2D eigenvalue weighted by molar-refractivity contribution is 5.91. The van der Waals surface area contributed by atoms with Gasteiger partial charge in [0.25, 0.3) is 0 Å². The first-order valence-corrected chi connectivity index (χ1v) is 12.5. The molecule has 192 valence electrons. The number of hydrogen-bond acceptors (Lipinski definition) is 7. The Hall–Kier alpha value is -4.61. The van der Waals surface area contributed by atoms with Gasteiger partial charge in [-0.1, -0.05) is 30.0 Å². The molecule has 1 aromatic heterocycles. The number of piperazine rings is 1. The van der Waals surface area contributed by atoms with Crippen molar-refractivity contribution in [3.63, 3.8) is 0 Å². The molecule has 1 fully saturated rings. The van der Waals surface area contributed by atoms with Gasteiger partial charge in [-0.3, -0.25) is 4.90 Å². The van der Waals surface area contributed by atoms with Gasteiger partial charge in [-0.05, 0) is 61.0 Å². The molecular weight excluding hydrogens is 478 g/mol. The molecule has 0 unspecified atom stereocenters. The van der Waals surface area contributed by atoms with Crippen LogP contribution in [0, 0.1) is 18.8 Å². The Kier molecular flexibility index (Phi) is 7.67. The molecule has 0 aliphatic carbocycles. The Morgan fingerprint density at radius 1 is 1.00 bits per heavy atom. The van der Waals surface area contributed by atoms with E-state index in [2.05, 4.69) is 32.0 Å². The normalized spacial score (nSPS) is 13.5. The van der Waals surface area contributed by atoms with Crippen molar-refractivity contribution >= 4 is 28.5 Å². The van der Waals surface area contributed by atoms with E-state index in [0.29, 0.717) is 25.5 Å². The van der Waals surface area contributed by atoms with Gasteiger partial charge in [0.1, 0.15) is 23.6 Å². The Morgan fingerprint density at radius 3 is 2.58 bits per heavy atom. The minimum Gasteiger partial charge on any atom is -0.457 e. The summed E-state index contributed by atoms with van der Waals surface area (Å²) in [5.74, 6) is 8.85. The summed E-state index contributed by atoms with van der Waals surface area (Å²) in [4.78, 5) is 24.5. The number of methoxy groups -OCH3 is 1. The molecule has 0 saturated carbocycles. The first kappa shape index (κ1) is 25.1. The maximum Gasteiger partial charge on any atom is 0.409 e. The zero-order chi connectivity index (χ0) is 26.3. The van der Waals surface area contributed by atoms with Crippen LogP contribution in [0.25, 0.3) is 10.9 Å². The van der Waals surface area contributed by atoms with Crippen molar-refractivity contribution in [2.45, 2.75) is 6.92 Å². The molecule has 0 bridgehead atoms. The maximum atomic E-state index is 11.7. The molecule has 1 aliphatic heterocycles. The summed E-state index contributed by atoms with van der Waals surface area (Å²) in [5.41, 5.74) is 3.65. The molecule has 38 heavy (non-hydrogen) atoms. The number of carbonyl (C=O) groups is 1. The summed E-state index contributed by atoms with van der Waals surface area (Å²) in [6, 6.07) is 21.7. The van der Waals surface area contributed by atoms with E-state index in [1.165, 1.54) is 7.11 Å². The quantitative estimate of drug-likeness (QED) is 0.372. The molecule has 8 nitrogen and oxygen atoms in total. The lowest BCUT2D eigenvalue weighted by atomic mass is 10.1. The molecule has 0 radical (unpaired) electrons. The summed E-state index contributed by atoms with van der Waals surface area (Å²) < 4.78 is 10.8. The van der Waals surface area contributed by atoms with Crippen LogP contribution in [0.5, 0.6) is 11.5 Å². The Bertz CT molecular complexity index is 1490. The van der Waals surface area contributed by atoms with Gasteiger partial charge in [0.05, 0.1) is 19.2 Å². The van der Waals surface area contributed by atoms with Crippen LogP contribution in [0.4, 0.5) is 16.3 Å². The van der Waals surface area contributed by atoms with Crippen LogP contribution in [0.2, 0.25) is 0 Å². The van der Waals surface area contributed by atoms with Gasteiger partial charge in [0.2, 0.25) is 0 Å². The van der Waals surface area contributed by atoms with Crippen molar-refractivity contribution in [2.75, 3.05) is 45.2 Å². The molecule has 1 N–H and O–H groups in total. The molecule has 1 saturated heterocycles. The number of ether oxygens (including phenoxy) is 2.